The fraction of sp³-hybridized carbons (Fsp3) is 0.448. The first-order chi connectivity index (χ1) is 17.5. The topological polar surface area (TPSA) is 66.2 Å². The molecule has 36 heavy (non-hydrogen) atoms. The molecule has 3 heterocycles. The molecule has 0 spiro atoms. The molecule has 1 saturated heterocycles. The summed E-state index contributed by atoms with van der Waals surface area (Å²) in [5.41, 5.74) is 3.22. The molecule has 0 unspecified atom stereocenters. The molecule has 0 aliphatic carbocycles. The van der Waals surface area contributed by atoms with Crippen molar-refractivity contribution in [1.82, 2.24) is 9.80 Å². The number of carbonyl (C=O) groups is 1. The number of likely N-dealkylation sites (N-methyl/N-ethyl adjacent to an activating group) is 1. The normalized spacial score (nSPS) is 16.8. The smallest absolute Gasteiger partial charge is 0.336 e. The monoisotopic (exact) mass is 489 g/mol. The van der Waals surface area contributed by atoms with Crippen molar-refractivity contribution in [3.05, 3.63) is 69.6 Å². The first-order valence-corrected chi connectivity index (χ1v) is 13.1. The van der Waals surface area contributed by atoms with Gasteiger partial charge in [0.1, 0.15) is 17.9 Å². The average Bonchev–Trinajstić information content (AvgIpc) is 2.89. The largest absolute Gasteiger partial charge is 0.491 e. The standard InChI is InChI=1S/C29H35N3O4/c1-3-7-22-20-26(33)36-28-23(22)11-12-25(35-19-18-31-16-14-30(2)15-17-31)27(28)29(34)32-13-6-9-21-8-4-5-10-24(21)32/h4-5,8,10-12,20H,3,6-7,9,13-19H2,1-2H3. The van der Waals surface area contributed by atoms with Crippen molar-refractivity contribution >= 4 is 22.6 Å². The summed E-state index contributed by atoms with van der Waals surface area (Å²) in [5.74, 6) is 0.292. The molecule has 7 heteroatoms. The van der Waals surface area contributed by atoms with E-state index in [0.29, 0.717) is 30.0 Å². The van der Waals surface area contributed by atoms with Crippen LogP contribution in [0.15, 0.2) is 51.7 Å². The van der Waals surface area contributed by atoms with E-state index < -0.39 is 5.63 Å². The van der Waals surface area contributed by atoms with Crippen LogP contribution in [0.2, 0.25) is 0 Å². The van der Waals surface area contributed by atoms with Gasteiger partial charge in [0.05, 0.1) is 0 Å². The van der Waals surface area contributed by atoms with Crippen LogP contribution in [0.5, 0.6) is 5.75 Å². The van der Waals surface area contributed by atoms with Gasteiger partial charge in [-0.15, -0.1) is 0 Å². The Labute approximate surface area is 212 Å². The van der Waals surface area contributed by atoms with E-state index >= 15 is 0 Å². The van der Waals surface area contributed by atoms with Crippen LogP contribution in [0, 0.1) is 0 Å². The summed E-state index contributed by atoms with van der Waals surface area (Å²) in [7, 11) is 2.14. The van der Waals surface area contributed by atoms with E-state index in [1.807, 2.05) is 35.2 Å². The van der Waals surface area contributed by atoms with Crippen LogP contribution in [0.4, 0.5) is 5.69 Å². The van der Waals surface area contributed by atoms with Gasteiger partial charge in [-0.1, -0.05) is 31.5 Å². The maximum atomic E-state index is 14.1. The van der Waals surface area contributed by atoms with Crippen LogP contribution in [0.1, 0.15) is 41.3 Å². The average molecular weight is 490 g/mol. The molecule has 0 N–H and O–H groups in total. The van der Waals surface area contributed by atoms with E-state index in [0.717, 1.165) is 80.6 Å². The van der Waals surface area contributed by atoms with E-state index in [-0.39, 0.29) is 5.91 Å². The van der Waals surface area contributed by atoms with Crippen LogP contribution < -0.4 is 15.3 Å². The number of para-hydroxylation sites is 1. The molecule has 7 nitrogen and oxygen atoms in total. The minimum atomic E-state index is -0.436. The van der Waals surface area contributed by atoms with Crippen molar-refractivity contribution in [3.8, 4) is 5.75 Å². The molecule has 2 aliphatic rings. The number of hydrogen-bond acceptors (Lipinski definition) is 6. The van der Waals surface area contributed by atoms with Crippen LogP contribution in [0.25, 0.3) is 11.0 Å². The summed E-state index contributed by atoms with van der Waals surface area (Å²) in [6, 6.07) is 13.4. The summed E-state index contributed by atoms with van der Waals surface area (Å²) in [6.45, 7) is 8.03. The van der Waals surface area contributed by atoms with Gasteiger partial charge < -0.3 is 19.0 Å². The molecule has 5 rings (SSSR count). The molecule has 0 bridgehead atoms. The van der Waals surface area contributed by atoms with E-state index in [1.54, 1.807) is 6.07 Å². The van der Waals surface area contributed by atoms with E-state index in [9.17, 15) is 9.59 Å². The zero-order valence-corrected chi connectivity index (χ0v) is 21.3. The molecule has 0 radical (unpaired) electrons. The molecule has 0 saturated carbocycles. The Morgan fingerprint density at radius 1 is 1.06 bits per heavy atom. The number of fused-ring (bicyclic) bond motifs is 2. The van der Waals surface area contributed by atoms with Gasteiger partial charge in [-0.25, -0.2) is 4.79 Å². The molecule has 190 valence electrons. The maximum absolute atomic E-state index is 14.1. The highest BCUT2D eigenvalue weighted by Gasteiger charge is 2.29. The summed E-state index contributed by atoms with van der Waals surface area (Å²) in [4.78, 5) is 33.2. The summed E-state index contributed by atoms with van der Waals surface area (Å²) >= 11 is 0. The Kier molecular flexibility index (Phi) is 7.39. The molecule has 2 aliphatic heterocycles. The Morgan fingerprint density at radius 2 is 1.86 bits per heavy atom. The molecular weight excluding hydrogens is 454 g/mol. The number of anilines is 1. The Balaban J connectivity index is 1.52. The number of benzene rings is 2. The van der Waals surface area contributed by atoms with Gasteiger partial charge in [-0.3, -0.25) is 9.69 Å². The van der Waals surface area contributed by atoms with Crippen molar-refractivity contribution in [2.75, 3.05) is 57.8 Å². The molecule has 3 aromatic rings. The highest BCUT2D eigenvalue weighted by molar-refractivity contribution is 6.15. The number of piperazine rings is 1. The number of ether oxygens (including phenoxy) is 1. The lowest BCUT2D eigenvalue weighted by atomic mass is 9.98. The van der Waals surface area contributed by atoms with Crippen molar-refractivity contribution in [2.24, 2.45) is 0 Å². The second-order valence-electron chi connectivity index (χ2n) is 9.84. The van der Waals surface area contributed by atoms with Crippen LogP contribution in [-0.2, 0) is 12.8 Å². The van der Waals surface area contributed by atoms with Gasteiger partial charge in [0.25, 0.3) is 5.91 Å². The fourth-order valence-electron chi connectivity index (χ4n) is 5.31. The molecular formula is C29H35N3O4. The van der Waals surface area contributed by atoms with Crippen molar-refractivity contribution < 1.29 is 13.9 Å². The highest BCUT2D eigenvalue weighted by Crippen LogP contribution is 2.34. The molecule has 1 aromatic heterocycles. The SMILES string of the molecule is CCCc1cc(=O)oc2c(C(=O)N3CCCc4ccccc43)c(OCCN3CCN(C)CC3)ccc12. The van der Waals surface area contributed by atoms with E-state index in [2.05, 4.69) is 29.8 Å². The predicted molar refractivity (Wildman–Crippen MR) is 142 cm³/mol. The minimum absolute atomic E-state index is 0.181. The Morgan fingerprint density at radius 3 is 2.67 bits per heavy atom. The summed E-state index contributed by atoms with van der Waals surface area (Å²) < 4.78 is 12.0. The quantitative estimate of drug-likeness (QED) is 0.468. The molecule has 0 atom stereocenters. The third-order valence-electron chi connectivity index (χ3n) is 7.31. The van der Waals surface area contributed by atoms with Crippen LogP contribution in [0.3, 0.4) is 0 Å². The van der Waals surface area contributed by atoms with E-state index in [4.69, 9.17) is 9.15 Å². The third-order valence-corrected chi connectivity index (χ3v) is 7.31. The number of amides is 1. The van der Waals surface area contributed by atoms with Gasteiger partial charge in [-0.05, 0) is 55.6 Å². The first kappa shape index (κ1) is 24.5. The third kappa shape index (κ3) is 5.04. The maximum Gasteiger partial charge on any atom is 0.336 e. The van der Waals surface area contributed by atoms with Crippen molar-refractivity contribution in [2.45, 2.75) is 32.6 Å². The number of carbonyl (C=O) groups excluding carboxylic acids is 1. The fourth-order valence-corrected chi connectivity index (χ4v) is 5.31. The molecule has 1 amide bonds. The van der Waals surface area contributed by atoms with Gasteiger partial charge in [0.15, 0.2) is 5.58 Å². The van der Waals surface area contributed by atoms with Crippen LogP contribution >= 0.6 is 0 Å². The lowest BCUT2D eigenvalue weighted by Crippen LogP contribution is -2.45. The van der Waals surface area contributed by atoms with Gasteiger partial charge >= 0.3 is 5.63 Å². The number of hydrogen-bond donors (Lipinski definition) is 0. The summed E-state index contributed by atoms with van der Waals surface area (Å²) in [5, 5.41) is 0.802. The van der Waals surface area contributed by atoms with Gasteiger partial charge in [0.2, 0.25) is 0 Å². The van der Waals surface area contributed by atoms with Crippen molar-refractivity contribution in [3.63, 3.8) is 0 Å². The Hall–Kier alpha value is -3.16. The first-order valence-electron chi connectivity index (χ1n) is 13.1. The Bertz CT molecular complexity index is 1290. The van der Waals surface area contributed by atoms with E-state index in [1.165, 1.54) is 0 Å². The zero-order valence-electron chi connectivity index (χ0n) is 21.3. The second-order valence-corrected chi connectivity index (χ2v) is 9.84. The minimum Gasteiger partial charge on any atom is -0.491 e. The predicted octanol–water partition coefficient (Wildman–Crippen LogP) is 3.96. The van der Waals surface area contributed by atoms with Gasteiger partial charge in [-0.2, -0.15) is 0 Å². The number of aryl methyl sites for hydroxylation is 2. The molecule has 2 aromatic carbocycles. The van der Waals surface area contributed by atoms with Crippen molar-refractivity contribution in [1.29, 1.82) is 0 Å². The summed E-state index contributed by atoms with van der Waals surface area (Å²) in [6.07, 6.45) is 3.47. The number of nitrogens with zero attached hydrogens (tertiary/aromatic N) is 3. The van der Waals surface area contributed by atoms with Gasteiger partial charge in [0, 0.05) is 56.4 Å². The molecule has 1 fully saturated rings. The lowest BCUT2D eigenvalue weighted by molar-refractivity contribution is 0.0979. The van der Waals surface area contributed by atoms with Crippen LogP contribution in [-0.4, -0.2) is 68.6 Å². The highest BCUT2D eigenvalue weighted by atomic mass is 16.5. The zero-order chi connectivity index (χ0) is 25.1. The number of rotatable bonds is 7. The second kappa shape index (κ2) is 10.8. The lowest BCUT2D eigenvalue weighted by Gasteiger charge is -2.32.